The van der Waals surface area contributed by atoms with Gasteiger partial charge in [-0.15, -0.1) is 11.3 Å². The first-order chi connectivity index (χ1) is 22.5. The molecule has 3 heterocycles. The Kier molecular flexibility index (Phi) is 10.4. The largest absolute Gasteiger partial charge is 0.464 e. The van der Waals surface area contributed by atoms with Crippen LogP contribution in [0, 0.1) is 12.8 Å². The van der Waals surface area contributed by atoms with E-state index in [9.17, 15) is 4.79 Å². The molecule has 240 valence electrons. The van der Waals surface area contributed by atoms with E-state index < -0.39 is 6.29 Å². The standard InChI is InChI=1S/C36H38N2O7S/c1-3-43-36-27(14-16-41-18-19-42-17-15-39)28(29-22-44-31-7-5-4-6-26(29)31)21-32(45-36)34(40)37-25-11-9-24(10-12-25)35-38-30-13-8-23(2)20-33(30)46-35/h4-13,20-22,27-28,36,39H,3,14-19H2,1-2H3,(H,37,40)/t27-,28-,36+/m0/s1. The number of ether oxygens (including phenoxy) is 4. The van der Waals surface area contributed by atoms with Crippen LogP contribution < -0.4 is 5.32 Å². The molecule has 0 saturated heterocycles. The third-order valence-corrected chi connectivity index (χ3v) is 9.01. The molecule has 10 heteroatoms. The van der Waals surface area contributed by atoms with E-state index in [2.05, 4.69) is 24.4 Å². The number of carbonyl (C=O) groups excluding carboxylic acids is 1. The van der Waals surface area contributed by atoms with Crippen LogP contribution in [-0.2, 0) is 23.7 Å². The van der Waals surface area contributed by atoms with Crippen LogP contribution in [0.3, 0.4) is 0 Å². The Hall–Kier alpha value is -4.06. The minimum atomic E-state index is -0.673. The second-order valence-electron chi connectivity index (χ2n) is 11.1. The van der Waals surface area contributed by atoms with Gasteiger partial charge in [-0.1, -0.05) is 24.3 Å². The van der Waals surface area contributed by atoms with Crippen molar-refractivity contribution in [1.82, 2.24) is 4.98 Å². The Morgan fingerprint density at radius 1 is 1.02 bits per heavy atom. The number of aliphatic hydroxyl groups is 1. The molecule has 1 amide bonds. The summed E-state index contributed by atoms with van der Waals surface area (Å²) in [7, 11) is 0. The molecule has 0 radical (unpaired) electrons. The zero-order chi connectivity index (χ0) is 31.9. The second-order valence-corrected chi connectivity index (χ2v) is 12.1. The zero-order valence-electron chi connectivity index (χ0n) is 25.9. The maximum Gasteiger partial charge on any atom is 0.290 e. The lowest BCUT2D eigenvalue weighted by Crippen LogP contribution is -2.38. The van der Waals surface area contributed by atoms with Gasteiger partial charge in [-0.25, -0.2) is 4.98 Å². The highest BCUT2D eigenvalue weighted by Gasteiger charge is 2.39. The van der Waals surface area contributed by atoms with Gasteiger partial charge in [0.15, 0.2) is 5.76 Å². The van der Waals surface area contributed by atoms with Gasteiger partial charge in [-0.05, 0) is 74.4 Å². The summed E-state index contributed by atoms with van der Waals surface area (Å²) in [6.07, 6.45) is 3.57. The lowest BCUT2D eigenvalue weighted by Gasteiger charge is -2.36. The summed E-state index contributed by atoms with van der Waals surface area (Å²) in [6.45, 7) is 5.92. The van der Waals surface area contributed by atoms with Crippen molar-refractivity contribution in [1.29, 1.82) is 0 Å². The van der Waals surface area contributed by atoms with E-state index in [1.54, 1.807) is 17.6 Å². The Bertz CT molecular complexity index is 1800. The summed E-state index contributed by atoms with van der Waals surface area (Å²) in [6, 6.07) is 21.8. The van der Waals surface area contributed by atoms with E-state index in [1.807, 2.05) is 67.6 Å². The number of carbonyl (C=O) groups is 1. The number of aryl methyl sites for hydroxylation is 1. The maximum atomic E-state index is 13.6. The Morgan fingerprint density at radius 3 is 2.63 bits per heavy atom. The number of nitrogens with one attached hydrogen (secondary N) is 1. The van der Waals surface area contributed by atoms with Crippen LogP contribution in [0.1, 0.15) is 30.4 Å². The molecule has 0 bridgehead atoms. The molecule has 0 unspecified atom stereocenters. The highest BCUT2D eigenvalue weighted by atomic mass is 32.1. The highest BCUT2D eigenvalue weighted by molar-refractivity contribution is 7.21. The van der Waals surface area contributed by atoms with E-state index in [-0.39, 0.29) is 36.7 Å². The van der Waals surface area contributed by atoms with Crippen molar-refractivity contribution in [2.24, 2.45) is 5.92 Å². The molecular weight excluding hydrogens is 604 g/mol. The molecule has 0 fully saturated rings. The summed E-state index contributed by atoms with van der Waals surface area (Å²) in [4.78, 5) is 18.4. The SMILES string of the molecule is CCO[C@@H]1OC(C(=O)Nc2ccc(-c3nc4ccc(C)cc4s3)cc2)=C[C@H](c2coc3ccccc23)[C@@H]1CCOCCOCCO. The highest BCUT2D eigenvalue weighted by Crippen LogP contribution is 2.42. The molecule has 1 aliphatic heterocycles. The van der Waals surface area contributed by atoms with Crippen molar-refractivity contribution in [3.05, 3.63) is 96.0 Å². The first-order valence-electron chi connectivity index (χ1n) is 15.6. The molecule has 6 rings (SSSR count). The van der Waals surface area contributed by atoms with Gasteiger partial charge in [0.25, 0.3) is 5.91 Å². The topological polar surface area (TPSA) is 112 Å². The van der Waals surface area contributed by atoms with Crippen molar-refractivity contribution >= 4 is 44.1 Å². The van der Waals surface area contributed by atoms with Gasteiger partial charge in [0.2, 0.25) is 6.29 Å². The van der Waals surface area contributed by atoms with E-state index in [4.69, 9.17) is 33.5 Å². The molecular formula is C36H38N2O7S. The fourth-order valence-electron chi connectivity index (χ4n) is 5.70. The molecule has 0 aliphatic carbocycles. The number of aromatic nitrogens is 1. The number of para-hydroxylation sites is 1. The fraction of sp³-hybridized carbons (Fsp3) is 0.333. The van der Waals surface area contributed by atoms with Gasteiger partial charge >= 0.3 is 0 Å². The van der Waals surface area contributed by atoms with Crippen LogP contribution in [-0.4, -0.2) is 61.9 Å². The molecule has 2 aromatic heterocycles. The molecule has 46 heavy (non-hydrogen) atoms. The van der Waals surface area contributed by atoms with Gasteiger partial charge < -0.3 is 33.8 Å². The third kappa shape index (κ3) is 7.32. The molecule has 1 aliphatic rings. The summed E-state index contributed by atoms with van der Waals surface area (Å²) < 4.78 is 30.5. The number of aliphatic hydroxyl groups excluding tert-OH is 1. The fourth-order valence-corrected chi connectivity index (χ4v) is 6.77. The molecule has 3 atom stereocenters. The van der Waals surface area contributed by atoms with Crippen molar-refractivity contribution in [3.63, 3.8) is 0 Å². The van der Waals surface area contributed by atoms with Crippen molar-refractivity contribution in [3.8, 4) is 10.6 Å². The molecule has 3 aromatic carbocycles. The van der Waals surface area contributed by atoms with Crippen LogP contribution in [0.4, 0.5) is 5.69 Å². The summed E-state index contributed by atoms with van der Waals surface area (Å²) in [5.41, 5.74) is 5.54. The van der Waals surface area contributed by atoms with E-state index in [1.165, 1.54) is 5.56 Å². The Morgan fingerprint density at radius 2 is 1.83 bits per heavy atom. The molecule has 2 N–H and O–H groups in total. The van der Waals surface area contributed by atoms with Gasteiger partial charge in [-0.3, -0.25) is 4.79 Å². The van der Waals surface area contributed by atoms with Crippen LogP contribution >= 0.6 is 11.3 Å². The van der Waals surface area contributed by atoms with Crippen molar-refractivity contribution in [2.45, 2.75) is 32.5 Å². The lowest BCUT2D eigenvalue weighted by atomic mass is 9.81. The normalized spacial score (nSPS) is 18.1. The number of thiazole rings is 1. The number of hydrogen-bond acceptors (Lipinski definition) is 9. The number of amides is 1. The van der Waals surface area contributed by atoms with E-state index in [0.29, 0.717) is 38.5 Å². The number of nitrogens with zero attached hydrogens (tertiary/aromatic N) is 1. The van der Waals surface area contributed by atoms with Crippen molar-refractivity contribution in [2.75, 3.05) is 45.0 Å². The predicted octanol–water partition coefficient (Wildman–Crippen LogP) is 7.05. The predicted molar refractivity (Wildman–Crippen MR) is 179 cm³/mol. The van der Waals surface area contributed by atoms with Crippen LogP contribution in [0.25, 0.3) is 31.8 Å². The number of furan rings is 1. The molecule has 0 saturated carbocycles. The zero-order valence-corrected chi connectivity index (χ0v) is 26.8. The number of anilines is 1. The number of allylic oxidation sites excluding steroid dienone is 1. The first kappa shape index (κ1) is 31.9. The summed E-state index contributed by atoms with van der Waals surface area (Å²) >= 11 is 1.65. The van der Waals surface area contributed by atoms with Crippen LogP contribution in [0.15, 0.2) is 89.2 Å². The number of benzene rings is 3. The molecule has 9 nitrogen and oxygen atoms in total. The maximum absolute atomic E-state index is 13.6. The number of hydrogen-bond donors (Lipinski definition) is 2. The average Bonchev–Trinajstić information content (AvgIpc) is 3.69. The van der Waals surface area contributed by atoms with Gasteiger partial charge in [0.1, 0.15) is 10.6 Å². The summed E-state index contributed by atoms with van der Waals surface area (Å²) in [5.74, 6) is -0.544. The van der Waals surface area contributed by atoms with Gasteiger partial charge in [0, 0.05) is 47.3 Å². The minimum Gasteiger partial charge on any atom is -0.464 e. The third-order valence-electron chi connectivity index (χ3n) is 7.95. The Labute approximate surface area is 271 Å². The smallest absolute Gasteiger partial charge is 0.290 e. The second kappa shape index (κ2) is 15.0. The minimum absolute atomic E-state index is 0.0206. The van der Waals surface area contributed by atoms with E-state index >= 15 is 0 Å². The first-order valence-corrected chi connectivity index (χ1v) is 16.4. The van der Waals surface area contributed by atoms with Gasteiger partial charge in [-0.2, -0.15) is 0 Å². The van der Waals surface area contributed by atoms with Crippen LogP contribution in [0.2, 0.25) is 0 Å². The number of fused-ring (bicyclic) bond motifs is 2. The van der Waals surface area contributed by atoms with E-state index in [0.717, 1.165) is 37.3 Å². The van der Waals surface area contributed by atoms with Crippen LogP contribution in [0.5, 0.6) is 0 Å². The molecule has 0 spiro atoms. The van der Waals surface area contributed by atoms with Crippen molar-refractivity contribution < 1.29 is 33.3 Å². The number of rotatable bonds is 14. The monoisotopic (exact) mass is 642 g/mol. The quantitative estimate of drug-likeness (QED) is 0.124. The lowest BCUT2D eigenvalue weighted by molar-refractivity contribution is -0.166. The van der Waals surface area contributed by atoms with Gasteiger partial charge in [0.05, 0.1) is 42.9 Å². The summed E-state index contributed by atoms with van der Waals surface area (Å²) in [5, 5.41) is 13.8. The Balaban J connectivity index is 1.21. The average molecular weight is 643 g/mol. The molecule has 5 aromatic rings.